The molecule has 1 aliphatic carbocycles. The number of furan rings is 1. The lowest BCUT2D eigenvalue weighted by atomic mass is 10.0. The zero-order valence-electron chi connectivity index (χ0n) is 37.6. The minimum atomic E-state index is 0.545. The third-order valence-electron chi connectivity index (χ3n) is 14.2. The topological polar surface area (TPSA) is 66.6 Å². The van der Waals surface area contributed by atoms with Crippen LogP contribution in [0, 0.1) is 12.1 Å². The molecule has 9 aromatic carbocycles. The van der Waals surface area contributed by atoms with E-state index >= 15 is 0 Å². The number of nitrogens with zero attached hydrogens (tertiary/aromatic N) is 6. The molecule has 14 aromatic rings. The molecule has 0 spiro atoms. The molecule has 326 valence electrons. The molecule has 15 rings (SSSR count). The van der Waals surface area contributed by atoms with Crippen LogP contribution in [0.15, 0.2) is 205 Å². The molecule has 0 atom stereocenters. The molecule has 0 aliphatic heterocycles. The van der Waals surface area contributed by atoms with Gasteiger partial charge in [-0.25, -0.2) is 15.0 Å². The molecule has 1 aliphatic rings. The summed E-state index contributed by atoms with van der Waals surface area (Å²) in [5.74, 6) is 1.73. The Kier molecular flexibility index (Phi) is 8.27. The van der Waals surface area contributed by atoms with Gasteiger partial charge in [-0.1, -0.05) is 152 Å². The van der Waals surface area contributed by atoms with Crippen LogP contribution in [-0.4, -0.2) is 28.7 Å². The van der Waals surface area contributed by atoms with Crippen molar-refractivity contribution in [1.82, 2.24) is 28.7 Å². The molecule has 0 saturated heterocycles. The lowest BCUT2D eigenvalue weighted by Crippen LogP contribution is -2.07. The van der Waals surface area contributed by atoms with E-state index in [2.05, 4.69) is 165 Å². The maximum absolute atomic E-state index is 7.19. The molecule has 5 heterocycles. The summed E-state index contributed by atoms with van der Waals surface area (Å²) in [7, 11) is 0. The van der Waals surface area contributed by atoms with E-state index in [1.807, 2.05) is 66.7 Å². The van der Waals surface area contributed by atoms with E-state index in [1.54, 1.807) is 0 Å². The Balaban J connectivity index is 1.09. The van der Waals surface area contributed by atoms with Crippen molar-refractivity contribution in [3.63, 3.8) is 0 Å². The van der Waals surface area contributed by atoms with Crippen LogP contribution < -0.4 is 0 Å². The molecule has 7 nitrogen and oxygen atoms in total. The van der Waals surface area contributed by atoms with E-state index in [0.717, 1.165) is 118 Å². The lowest BCUT2D eigenvalue weighted by Gasteiger charge is -2.19. The molecule has 70 heavy (non-hydrogen) atoms. The minimum Gasteiger partial charge on any atom is -0.456 e. The average Bonchev–Trinajstić information content (AvgIpc) is 4.17. The third kappa shape index (κ3) is 5.68. The molecule has 5 aromatic heterocycles. The van der Waals surface area contributed by atoms with Gasteiger partial charge in [-0.15, -0.1) is 0 Å². The second kappa shape index (κ2) is 15.0. The fourth-order valence-electron chi connectivity index (χ4n) is 11.2. The number of allylic oxidation sites excluding steroid dienone is 1. The molecule has 0 saturated carbocycles. The molecule has 7 heteroatoms. The second-order valence-electron chi connectivity index (χ2n) is 18.1. The maximum Gasteiger partial charge on any atom is 0.166 e. The van der Waals surface area contributed by atoms with E-state index < -0.39 is 0 Å². The van der Waals surface area contributed by atoms with E-state index in [0.29, 0.717) is 17.5 Å². The highest BCUT2D eigenvalue weighted by Crippen LogP contribution is 2.45. The number of para-hydroxylation sites is 4. The highest BCUT2D eigenvalue weighted by molar-refractivity contribution is 6.14. The first kappa shape index (κ1) is 38.6. The van der Waals surface area contributed by atoms with Gasteiger partial charge in [0, 0.05) is 71.7 Å². The highest BCUT2D eigenvalue weighted by Gasteiger charge is 2.27. The number of hydrogen-bond donors (Lipinski definition) is 0. The smallest absolute Gasteiger partial charge is 0.166 e. The Morgan fingerprint density at radius 3 is 1.60 bits per heavy atom. The van der Waals surface area contributed by atoms with Crippen molar-refractivity contribution in [1.29, 1.82) is 0 Å². The van der Waals surface area contributed by atoms with Gasteiger partial charge in [0.05, 0.1) is 39.1 Å². The van der Waals surface area contributed by atoms with Gasteiger partial charge < -0.3 is 13.6 Å². The van der Waals surface area contributed by atoms with E-state index in [1.165, 1.54) is 16.6 Å². The van der Waals surface area contributed by atoms with Gasteiger partial charge in [-0.3, -0.25) is 4.57 Å². The Labute approximate surface area is 401 Å². The van der Waals surface area contributed by atoms with E-state index in [9.17, 15) is 0 Å². The predicted molar refractivity (Wildman–Crippen MR) is 284 cm³/mol. The minimum absolute atomic E-state index is 0.545. The number of hydrogen-bond acceptors (Lipinski definition) is 4. The summed E-state index contributed by atoms with van der Waals surface area (Å²) in [4.78, 5) is 15.7. The van der Waals surface area contributed by atoms with Crippen molar-refractivity contribution in [2.24, 2.45) is 0 Å². The van der Waals surface area contributed by atoms with Crippen LogP contribution >= 0.6 is 0 Å². The molecular weight excluding hydrogens is 857 g/mol. The summed E-state index contributed by atoms with van der Waals surface area (Å²) >= 11 is 0. The SMILES string of the molecule is c1ccc2c3ccccc3n(-c3cc4oc5cc(-c6nc(-c7ccccc7)nc(-c7ccccc7)n6)c(-n6c7ccccc7c7ccccc76)cc5c4cc3-n3c4c(c5ccccc53)C=CCC4)c2c#1. The Hall–Kier alpha value is -9.51. The normalized spacial score (nSPS) is 12.6. The van der Waals surface area contributed by atoms with Crippen LogP contribution in [0.2, 0.25) is 0 Å². The lowest BCUT2D eigenvalue weighted by molar-refractivity contribution is 0.668. The van der Waals surface area contributed by atoms with Crippen molar-refractivity contribution < 1.29 is 4.42 Å². The molecule has 0 N–H and O–H groups in total. The number of aromatic nitrogens is 6. The van der Waals surface area contributed by atoms with Crippen molar-refractivity contribution in [3.8, 4) is 51.2 Å². The Morgan fingerprint density at radius 1 is 0.429 bits per heavy atom. The van der Waals surface area contributed by atoms with Crippen molar-refractivity contribution in [3.05, 3.63) is 224 Å². The first-order valence-corrected chi connectivity index (χ1v) is 23.7. The van der Waals surface area contributed by atoms with Gasteiger partial charge in [-0.05, 0) is 73.5 Å². The highest BCUT2D eigenvalue weighted by atomic mass is 16.3. The second-order valence-corrected chi connectivity index (χ2v) is 18.1. The van der Waals surface area contributed by atoms with Crippen LogP contribution in [0.3, 0.4) is 0 Å². The summed E-state index contributed by atoms with van der Waals surface area (Å²) in [6.07, 6.45) is 6.49. The van der Waals surface area contributed by atoms with Crippen LogP contribution in [0.25, 0.3) is 134 Å². The molecule has 0 radical (unpaired) electrons. The maximum atomic E-state index is 7.19. The van der Waals surface area contributed by atoms with Crippen molar-refractivity contribution in [2.75, 3.05) is 0 Å². The van der Waals surface area contributed by atoms with Crippen LogP contribution in [-0.2, 0) is 6.42 Å². The van der Waals surface area contributed by atoms with Crippen molar-refractivity contribution >= 4 is 82.5 Å². The summed E-state index contributed by atoms with van der Waals surface area (Å²) in [5, 5.41) is 7.82. The summed E-state index contributed by atoms with van der Waals surface area (Å²) in [5.41, 5.74) is 15.0. The number of rotatable bonds is 6. The zero-order valence-corrected chi connectivity index (χ0v) is 37.6. The van der Waals surface area contributed by atoms with Crippen LogP contribution in [0.5, 0.6) is 0 Å². The molecule has 0 unspecified atom stereocenters. The monoisotopic (exact) mass is 894 g/mol. The molecular formula is C63H38N6O. The van der Waals surface area contributed by atoms with Gasteiger partial charge >= 0.3 is 0 Å². The standard InChI is InChI=1S/C63H38N6O/c1-3-19-39(20-4-1)61-64-62(40-21-5-2-6-22-40)66-63(65-61)49-37-59-47(35-56(49)67-50-29-13-7-23-41(50)42-24-8-14-30-51(42)67)48-36-57(68-52-31-15-9-25-43(52)44-26-10-16-32-53(44)68)58(38-60(48)70-59)69-54-33-17-11-27-45(54)46-28-12-18-34-55(46)69/h1-15,17,19-31,33,35-38H,16,32H2. The van der Waals surface area contributed by atoms with Gasteiger partial charge in [0.15, 0.2) is 17.5 Å². The predicted octanol–water partition coefficient (Wildman–Crippen LogP) is 15.5. The van der Waals surface area contributed by atoms with E-state index in [4.69, 9.17) is 19.4 Å². The Morgan fingerprint density at radius 2 is 0.943 bits per heavy atom. The fraction of sp³-hybridized carbons (Fsp3) is 0.0317. The average molecular weight is 895 g/mol. The van der Waals surface area contributed by atoms with Gasteiger partial charge in [0.1, 0.15) is 16.7 Å². The van der Waals surface area contributed by atoms with Gasteiger partial charge in [0.2, 0.25) is 0 Å². The van der Waals surface area contributed by atoms with Gasteiger partial charge in [-0.2, -0.15) is 0 Å². The largest absolute Gasteiger partial charge is 0.456 e. The van der Waals surface area contributed by atoms with Crippen LogP contribution in [0.4, 0.5) is 0 Å². The number of benzene rings is 8. The fourth-order valence-corrected chi connectivity index (χ4v) is 11.2. The first-order valence-electron chi connectivity index (χ1n) is 23.7. The zero-order chi connectivity index (χ0) is 45.9. The molecule has 0 amide bonds. The quantitative estimate of drug-likeness (QED) is 0.167. The molecule has 0 bridgehead atoms. The van der Waals surface area contributed by atoms with E-state index in [-0.39, 0.29) is 0 Å². The summed E-state index contributed by atoms with van der Waals surface area (Å²) < 4.78 is 14.4. The third-order valence-corrected chi connectivity index (χ3v) is 14.2. The first-order chi connectivity index (χ1) is 34.7. The Bertz CT molecular complexity index is 4310. The molecule has 0 fully saturated rings. The summed E-state index contributed by atoms with van der Waals surface area (Å²) in [6.45, 7) is 0. The summed E-state index contributed by atoms with van der Waals surface area (Å²) in [6, 6.07) is 75.0. The van der Waals surface area contributed by atoms with Crippen LogP contribution in [0.1, 0.15) is 17.7 Å². The van der Waals surface area contributed by atoms with Gasteiger partial charge in [0.25, 0.3) is 0 Å². The number of fused-ring (bicyclic) bond motifs is 12. The van der Waals surface area contributed by atoms with Crippen molar-refractivity contribution in [2.45, 2.75) is 12.8 Å².